The summed E-state index contributed by atoms with van der Waals surface area (Å²) in [5.74, 6) is -0.852. The minimum absolute atomic E-state index is 0.0100. The largest absolute Gasteiger partial charge is 0.480 e. The summed E-state index contributed by atoms with van der Waals surface area (Å²) in [6.07, 6.45) is -0.555. The molecule has 2 amide bonds. The molecule has 2 aliphatic heterocycles. The maximum Gasteiger partial charge on any atom is 0.320 e. The lowest BCUT2D eigenvalue weighted by Gasteiger charge is -2.38. The van der Waals surface area contributed by atoms with Crippen molar-refractivity contribution < 1.29 is 19.4 Å². The first-order chi connectivity index (χ1) is 9.60. The van der Waals surface area contributed by atoms with Gasteiger partial charge < -0.3 is 19.6 Å². The van der Waals surface area contributed by atoms with E-state index in [-0.39, 0.29) is 12.6 Å². The Morgan fingerprint density at radius 3 is 2.50 bits per heavy atom. The number of carbonyl (C=O) groups excluding carboxylic acids is 1. The molecule has 1 atom stereocenters. The van der Waals surface area contributed by atoms with Crippen LogP contribution in [0.15, 0.2) is 0 Å². The van der Waals surface area contributed by atoms with E-state index in [9.17, 15) is 9.59 Å². The lowest BCUT2D eigenvalue weighted by molar-refractivity contribution is -0.138. The molecule has 20 heavy (non-hydrogen) atoms. The second kappa shape index (κ2) is 6.54. The predicted molar refractivity (Wildman–Crippen MR) is 68.0 cm³/mol. The molecule has 2 aliphatic rings. The van der Waals surface area contributed by atoms with Crippen molar-refractivity contribution in [2.75, 3.05) is 52.4 Å². The monoisotopic (exact) mass is 282 g/mol. The number of piperazine rings is 1. The van der Waals surface area contributed by atoms with Crippen molar-refractivity contribution in [2.45, 2.75) is 6.10 Å². The van der Waals surface area contributed by atoms with E-state index in [0.29, 0.717) is 45.9 Å². The minimum Gasteiger partial charge on any atom is -0.480 e. The Labute approximate surface area is 117 Å². The van der Waals surface area contributed by atoms with Gasteiger partial charge in [-0.15, -0.1) is 0 Å². The molecule has 1 N–H and O–H groups in total. The highest BCUT2D eigenvalue weighted by molar-refractivity contribution is 5.75. The van der Waals surface area contributed by atoms with Gasteiger partial charge in [-0.3, -0.25) is 9.69 Å². The van der Waals surface area contributed by atoms with E-state index < -0.39 is 12.1 Å². The van der Waals surface area contributed by atoms with Crippen molar-refractivity contribution >= 4 is 12.0 Å². The Hall–Kier alpha value is -1.85. The van der Waals surface area contributed by atoms with Crippen molar-refractivity contribution in [3.8, 4) is 6.07 Å². The van der Waals surface area contributed by atoms with E-state index in [1.54, 1.807) is 9.80 Å². The highest BCUT2D eigenvalue weighted by Crippen LogP contribution is 2.10. The lowest BCUT2D eigenvalue weighted by Crippen LogP contribution is -2.56. The van der Waals surface area contributed by atoms with Crippen LogP contribution in [0, 0.1) is 11.3 Å². The van der Waals surface area contributed by atoms with E-state index in [2.05, 4.69) is 0 Å². The van der Waals surface area contributed by atoms with Gasteiger partial charge in [-0.05, 0) is 0 Å². The number of rotatable bonds is 2. The number of hydrogen-bond donors (Lipinski definition) is 1. The summed E-state index contributed by atoms with van der Waals surface area (Å²) in [6.45, 7) is 3.32. The molecule has 0 saturated carbocycles. The number of amides is 2. The summed E-state index contributed by atoms with van der Waals surface area (Å²) >= 11 is 0. The third-order valence-corrected chi connectivity index (χ3v) is 3.48. The number of nitriles is 1. The molecule has 110 valence electrons. The highest BCUT2D eigenvalue weighted by atomic mass is 16.5. The number of hydrogen-bond acceptors (Lipinski definition) is 5. The Morgan fingerprint density at radius 2 is 1.90 bits per heavy atom. The van der Waals surface area contributed by atoms with E-state index in [0.717, 1.165) is 0 Å². The van der Waals surface area contributed by atoms with Gasteiger partial charge in [0.25, 0.3) is 0 Å². The molecule has 2 fully saturated rings. The van der Waals surface area contributed by atoms with Crippen LogP contribution in [0.25, 0.3) is 0 Å². The summed E-state index contributed by atoms with van der Waals surface area (Å²) in [7, 11) is 0. The topological polar surface area (TPSA) is 97.1 Å². The number of carbonyl (C=O) groups is 2. The SMILES string of the molecule is N#CC1CN(C(=O)N2CCN(CC(=O)O)CC2)CCO1. The molecular weight excluding hydrogens is 264 g/mol. The fourth-order valence-electron chi connectivity index (χ4n) is 2.39. The van der Waals surface area contributed by atoms with Gasteiger partial charge in [0, 0.05) is 32.7 Å². The Bertz CT molecular complexity index is 414. The van der Waals surface area contributed by atoms with Crippen LogP contribution in [0.2, 0.25) is 0 Å². The number of morpholine rings is 1. The first kappa shape index (κ1) is 14.6. The lowest BCUT2D eigenvalue weighted by atomic mass is 10.3. The average Bonchev–Trinajstić information content (AvgIpc) is 2.47. The molecule has 0 aromatic heterocycles. The number of carboxylic acids is 1. The standard InChI is InChI=1S/C12H18N4O4/c13-7-10-8-16(5-6-20-10)12(19)15-3-1-14(2-4-15)9-11(17)18/h10H,1-6,8-9H2,(H,17,18). The van der Waals surface area contributed by atoms with Gasteiger partial charge >= 0.3 is 12.0 Å². The Morgan fingerprint density at radius 1 is 1.20 bits per heavy atom. The van der Waals surface area contributed by atoms with E-state index in [1.165, 1.54) is 0 Å². The molecule has 0 aromatic carbocycles. The molecule has 8 nitrogen and oxygen atoms in total. The van der Waals surface area contributed by atoms with E-state index in [1.807, 2.05) is 11.0 Å². The Kier molecular flexibility index (Phi) is 4.76. The fraction of sp³-hybridized carbons (Fsp3) is 0.750. The summed E-state index contributed by atoms with van der Waals surface area (Å²) in [5.41, 5.74) is 0. The predicted octanol–water partition coefficient (Wildman–Crippen LogP) is -0.967. The molecule has 0 spiro atoms. The van der Waals surface area contributed by atoms with Gasteiger partial charge in [-0.2, -0.15) is 5.26 Å². The van der Waals surface area contributed by atoms with E-state index >= 15 is 0 Å². The molecule has 0 radical (unpaired) electrons. The minimum atomic E-state index is -0.852. The zero-order valence-corrected chi connectivity index (χ0v) is 11.2. The summed E-state index contributed by atoms with van der Waals surface area (Å²) in [4.78, 5) is 28.1. The molecule has 0 bridgehead atoms. The molecular formula is C12H18N4O4. The zero-order valence-electron chi connectivity index (χ0n) is 11.2. The molecule has 0 aromatic rings. The average molecular weight is 282 g/mol. The number of carboxylic acid groups (broad SMARTS) is 1. The first-order valence-corrected chi connectivity index (χ1v) is 6.59. The third kappa shape index (κ3) is 3.59. The van der Waals surface area contributed by atoms with Gasteiger partial charge in [0.1, 0.15) is 0 Å². The maximum atomic E-state index is 12.3. The summed E-state index contributed by atoms with van der Waals surface area (Å²) < 4.78 is 5.21. The van der Waals surface area contributed by atoms with Crippen molar-refractivity contribution in [1.29, 1.82) is 5.26 Å². The van der Waals surface area contributed by atoms with Gasteiger partial charge in [-0.25, -0.2) is 4.79 Å². The number of urea groups is 1. The van der Waals surface area contributed by atoms with Crippen LogP contribution in [-0.4, -0.2) is 90.3 Å². The second-order valence-electron chi connectivity index (χ2n) is 4.87. The van der Waals surface area contributed by atoms with Crippen molar-refractivity contribution in [3.05, 3.63) is 0 Å². The van der Waals surface area contributed by atoms with Crippen LogP contribution in [0.4, 0.5) is 4.79 Å². The van der Waals surface area contributed by atoms with Crippen LogP contribution < -0.4 is 0 Å². The van der Waals surface area contributed by atoms with Crippen LogP contribution in [0.1, 0.15) is 0 Å². The smallest absolute Gasteiger partial charge is 0.320 e. The summed E-state index contributed by atoms with van der Waals surface area (Å²) in [5, 5.41) is 17.6. The fourth-order valence-corrected chi connectivity index (χ4v) is 2.39. The Balaban J connectivity index is 1.82. The van der Waals surface area contributed by atoms with Gasteiger partial charge in [-0.1, -0.05) is 0 Å². The maximum absolute atomic E-state index is 12.3. The van der Waals surface area contributed by atoms with Gasteiger partial charge in [0.15, 0.2) is 6.10 Å². The molecule has 8 heteroatoms. The number of aliphatic carboxylic acids is 1. The summed E-state index contributed by atoms with van der Waals surface area (Å²) in [6, 6.07) is 1.92. The molecule has 2 rings (SSSR count). The molecule has 2 saturated heterocycles. The van der Waals surface area contributed by atoms with Crippen molar-refractivity contribution in [2.24, 2.45) is 0 Å². The van der Waals surface area contributed by atoms with Gasteiger partial charge in [0.05, 0.1) is 25.8 Å². The van der Waals surface area contributed by atoms with Crippen LogP contribution in [0.3, 0.4) is 0 Å². The van der Waals surface area contributed by atoms with Crippen molar-refractivity contribution in [1.82, 2.24) is 14.7 Å². The normalized spacial score (nSPS) is 24.2. The molecule has 1 unspecified atom stereocenters. The van der Waals surface area contributed by atoms with Crippen LogP contribution in [0.5, 0.6) is 0 Å². The van der Waals surface area contributed by atoms with Crippen LogP contribution >= 0.6 is 0 Å². The quantitative estimate of drug-likeness (QED) is 0.700. The highest BCUT2D eigenvalue weighted by Gasteiger charge is 2.29. The van der Waals surface area contributed by atoms with Crippen molar-refractivity contribution in [3.63, 3.8) is 0 Å². The van der Waals surface area contributed by atoms with Gasteiger partial charge in [0.2, 0.25) is 0 Å². The number of nitrogens with zero attached hydrogens (tertiary/aromatic N) is 4. The zero-order chi connectivity index (χ0) is 14.5. The number of ether oxygens (including phenoxy) is 1. The second-order valence-corrected chi connectivity index (χ2v) is 4.87. The van der Waals surface area contributed by atoms with E-state index in [4.69, 9.17) is 15.1 Å². The first-order valence-electron chi connectivity index (χ1n) is 6.59. The third-order valence-electron chi connectivity index (χ3n) is 3.48. The van der Waals surface area contributed by atoms with Crippen LogP contribution in [-0.2, 0) is 9.53 Å². The molecule has 0 aliphatic carbocycles. The molecule has 2 heterocycles.